The van der Waals surface area contributed by atoms with Gasteiger partial charge < -0.3 is 14.8 Å². The SMILES string of the molecule is CCC(C)Oc1ccc(NC(=O)c2ccc(OCc3ccccc3)cc2)cc1. The number of benzene rings is 3. The van der Waals surface area contributed by atoms with Gasteiger partial charge in [0, 0.05) is 11.3 Å². The van der Waals surface area contributed by atoms with E-state index in [4.69, 9.17) is 9.47 Å². The van der Waals surface area contributed by atoms with Crippen LogP contribution in [0.15, 0.2) is 78.9 Å². The molecule has 0 radical (unpaired) electrons. The first-order chi connectivity index (χ1) is 13.6. The van der Waals surface area contributed by atoms with E-state index < -0.39 is 0 Å². The van der Waals surface area contributed by atoms with Gasteiger partial charge in [0.15, 0.2) is 0 Å². The van der Waals surface area contributed by atoms with Crippen molar-refractivity contribution in [1.82, 2.24) is 0 Å². The zero-order valence-corrected chi connectivity index (χ0v) is 16.2. The van der Waals surface area contributed by atoms with Crippen molar-refractivity contribution in [3.05, 3.63) is 90.0 Å². The second-order valence-corrected chi connectivity index (χ2v) is 6.61. The molecule has 4 nitrogen and oxygen atoms in total. The number of carbonyl (C=O) groups is 1. The summed E-state index contributed by atoms with van der Waals surface area (Å²) >= 11 is 0. The van der Waals surface area contributed by atoms with Crippen LogP contribution in [0.3, 0.4) is 0 Å². The van der Waals surface area contributed by atoms with E-state index in [-0.39, 0.29) is 12.0 Å². The van der Waals surface area contributed by atoms with E-state index in [9.17, 15) is 4.79 Å². The summed E-state index contributed by atoms with van der Waals surface area (Å²) in [6, 6.07) is 24.5. The summed E-state index contributed by atoms with van der Waals surface area (Å²) in [5, 5.41) is 2.89. The van der Waals surface area contributed by atoms with Crippen LogP contribution < -0.4 is 14.8 Å². The third-order valence-corrected chi connectivity index (χ3v) is 4.39. The van der Waals surface area contributed by atoms with Gasteiger partial charge in [-0.05, 0) is 67.4 Å². The summed E-state index contributed by atoms with van der Waals surface area (Å²) in [6.45, 7) is 4.61. The molecule has 0 saturated heterocycles. The fraction of sp³-hybridized carbons (Fsp3) is 0.208. The maximum absolute atomic E-state index is 12.4. The number of amides is 1. The van der Waals surface area contributed by atoms with E-state index in [2.05, 4.69) is 12.2 Å². The number of anilines is 1. The summed E-state index contributed by atoms with van der Waals surface area (Å²) in [7, 11) is 0. The van der Waals surface area contributed by atoms with Crippen LogP contribution in [0.5, 0.6) is 11.5 Å². The molecule has 0 aliphatic rings. The van der Waals surface area contributed by atoms with E-state index in [0.717, 1.165) is 29.2 Å². The van der Waals surface area contributed by atoms with Gasteiger partial charge in [0.2, 0.25) is 0 Å². The Morgan fingerprint density at radius 3 is 2.18 bits per heavy atom. The van der Waals surface area contributed by atoms with Crippen LogP contribution in [0.25, 0.3) is 0 Å². The maximum Gasteiger partial charge on any atom is 0.255 e. The molecule has 0 heterocycles. The lowest BCUT2D eigenvalue weighted by Crippen LogP contribution is -2.12. The van der Waals surface area contributed by atoms with Crippen LogP contribution in [0.4, 0.5) is 5.69 Å². The van der Waals surface area contributed by atoms with Gasteiger partial charge in [-0.2, -0.15) is 0 Å². The fourth-order valence-electron chi connectivity index (χ4n) is 2.58. The van der Waals surface area contributed by atoms with Crippen LogP contribution in [0.2, 0.25) is 0 Å². The molecule has 1 unspecified atom stereocenters. The first-order valence-electron chi connectivity index (χ1n) is 9.49. The molecular formula is C24H25NO3. The van der Waals surface area contributed by atoms with E-state index in [1.165, 1.54) is 0 Å². The molecule has 3 aromatic rings. The molecule has 1 N–H and O–H groups in total. The molecule has 3 rings (SSSR count). The summed E-state index contributed by atoms with van der Waals surface area (Å²) in [5.74, 6) is 1.37. The minimum Gasteiger partial charge on any atom is -0.491 e. The molecule has 0 aliphatic carbocycles. The van der Waals surface area contributed by atoms with Crippen LogP contribution in [-0.4, -0.2) is 12.0 Å². The number of hydrogen-bond donors (Lipinski definition) is 1. The highest BCUT2D eigenvalue weighted by Crippen LogP contribution is 2.19. The number of ether oxygens (including phenoxy) is 2. The topological polar surface area (TPSA) is 47.6 Å². The van der Waals surface area contributed by atoms with Gasteiger partial charge in [0.1, 0.15) is 18.1 Å². The van der Waals surface area contributed by atoms with Crippen molar-refractivity contribution in [3.8, 4) is 11.5 Å². The Hall–Kier alpha value is -3.27. The van der Waals surface area contributed by atoms with Gasteiger partial charge in [0.05, 0.1) is 6.10 Å². The van der Waals surface area contributed by atoms with Crippen LogP contribution in [-0.2, 0) is 6.61 Å². The second kappa shape index (κ2) is 9.60. The van der Waals surface area contributed by atoms with E-state index in [0.29, 0.717) is 12.2 Å². The molecule has 3 aromatic carbocycles. The Morgan fingerprint density at radius 1 is 0.893 bits per heavy atom. The normalized spacial score (nSPS) is 11.5. The maximum atomic E-state index is 12.4. The van der Waals surface area contributed by atoms with Crippen molar-refractivity contribution >= 4 is 11.6 Å². The number of nitrogens with one attached hydrogen (secondary N) is 1. The zero-order chi connectivity index (χ0) is 19.8. The molecule has 144 valence electrons. The molecule has 0 bridgehead atoms. The van der Waals surface area contributed by atoms with Crippen molar-refractivity contribution < 1.29 is 14.3 Å². The fourth-order valence-corrected chi connectivity index (χ4v) is 2.58. The third-order valence-electron chi connectivity index (χ3n) is 4.39. The van der Waals surface area contributed by atoms with Crippen LogP contribution in [0.1, 0.15) is 36.2 Å². The molecule has 0 aliphatic heterocycles. The van der Waals surface area contributed by atoms with Gasteiger partial charge in [-0.1, -0.05) is 37.3 Å². The monoisotopic (exact) mass is 375 g/mol. The summed E-state index contributed by atoms with van der Waals surface area (Å²) in [4.78, 5) is 12.4. The minimum atomic E-state index is -0.162. The third kappa shape index (κ3) is 5.61. The average molecular weight is 375 g/mol. The lowest BCUT2D eigenvalue weighted by molar-refractivity contribution is 0.102. The Balaban J connectivity index is 1.54. The van der Waals surface area contributed by atoms with Crippen LogP contribution in [0, 0.1) is 0 Å². The van der Waals surface area contributed by atoms with Gasteiger partial charge in [0.25, 0.3) is 5.91 Å². The molecule has 0 fully saturated rings. The van der Waals surface area contributed by atoms with E-state index in [1.807, 2.05) is 61.5 Å². The zero-order valence-electron chi connectivity index (χ0n) is 16.2. The first-order valence-corrected chi connectivity index (χ1v) is 9.49. The van der Waals surface area contributed by atoms with Crippen molar-refractivity contribution in [3.63, 3.8) is 0 Å². The molecule has 1 amide bonds. The Labute approximate surface area is 166 Å². The second-order valence-electron chi connectivity index (χ2n) is 6.61. The Bertz CT molecular complexity index is 874. The molecule has 1 atom stereocenters. The van der Waals surface area contributed by atoms with Crippen molar-refractivity contribution in [2.24, 2.45) is 0 Å². The number of carbonyl (C=O) groups excluding carboxylic acids is 1. The smallest absolute Gasteiger partial charge is 0.255 e. The van der Waals surface area contributed by atoms with Gasteiger partial charge in [-0.15, -0.1) is 0 Å². The first kappa shape index (κ1) is 19.5. The predicted octanol–water partition coefficient (Wildman–Crippen LogP) is 5.70. The van der Waals surface area contributed by atoms with Gasteiger partial charge in [-0.3, -0.25) is 4.79 Å². The lowest BCUT2D eigenvalue weighted by Gasteiger charge is -2.13. The summed E-state index contributed by atoms with van der Waals surface area (Å²) in [5.41, 5.74) is 2.41. The lowest BCUT2D eigenvalue weighted by atomic mass is 10.2. The highest BCUT2D eigenvalue weighted by atomic mass is 16.5. The average Bonchev–Trinajstić information content (AvgIpc) is 2.74. The highest BCUT2D eigenvalue weighted by Gasteiger charge is 2.07. The molecule has 0 saturated carbocycles. The predicted molar refractivity (Wildman–Crippen MR) is 112 cm³/mol. The minimum absolute atomic E-state index is 0.162. The number of hydrogen-bond acceptors (Lipinski definition) is 3. The van der Waals surface area contributed by atoms with E-state index >= 15 is 0 Å². The Kier molecular flexibility index (Phi) is 6.68. The summed E-state index contributed by atoms with van der Waals surface area (Å²) < 4.78 is 11.5. The molecule has 0 aromatic heterocycles. The van der Waals surface area contributed by atoms with Crippen molar-refractivity contribution in [2.45, 2.75) is 33.0 Å². The van der Waals surface area contributed by atoms with Gasteiger partial charge >= 0.3 is 0 Å². The molecule has 0 spiro atoms. The standard InChI is InChI=1S/C24H25NO3/c1-3-18(2)28-23-15-11-21(12-16-23)25-24(26)20-9-13-22(14-10-20)27-17-19-7-5-4-6-8-19/h4-16,18H,3,17H2,1-2H3,(H,25,26). The quantitative estimate of drug-likeness (QED) is 0.550. The Morgan fingerprint density at radius 2 is 1.54 bits per heavy atom. The molecular weight excluding hydrogens is 350 g/mol. The molecule has 28 heavy (non-hydrogen) atoms. The summed E-state index contributed by atoms with van der Waals surface area (Å²) in [6.07, 6.45) is 1.12. The van der Waals surface area contributed by atoms with Crippen molar-refractivity contribution in [2.75, 3.05) is 5.32 Å². The highest BCUT2D eigenvalue weighted by molar-refractivity contribution is 6.04. The van der Waals surface area contributed by atoms with Gasteiger partial charge in [-0.25, -0.2) is 0 Å². The number of rotatable bonds is 8. The van der Waals surface area contributed by atoms with Crippen molar-refractivity contribution in [1.29, 1.82) is 0 Å². The van der Waals surface area contributed by atoms with Crippen LogP contribution >= 0.6 is 0 Å². The van der Waals surface area contributed by atoms with E-state index in [1.54, 1.807) is 24.3 Å². The largest absolute Gasteiger partial charge is 0.491 e. The molecule has 4 heteroatoms.